The highest BCUT2D eigenvalue weighted by atomic mass is 16.5. The predicted molar refractivity (Wildman–Crippen MR) is 68.8 cm³/mol. The molecule has 0 aromatic heterocycles. The Hall–Kier alpha value is -1.02. The Balaban J connectivity index is 2.44. The van der Waals surface area contributed by atoms with E-state index in [1.54, 1.807) is 0 Å². The van der Waals surface area contributed by atoms with Gasteiger partial charge in [-0.3, -0.25) is 0 Å². The fourth-order valence-corrected chi connectivity index (χ4v) is 1.42. The van der Waals surface area contributed by atoms with Gasteiger partial charge in [0.1, 0.15) is 5.75 Å². The Kier molecular flexibility index (Phi) is 4.81. The van der Waals surface area contributed by atoms with Crippen molar-refractivity contribution >= 4 is 0 Å². The number of rotatable bonds is 5. The van der Waals surface area contributed by atoms with Gasteiger partial charge in [-0.05, 0) is 36.6 Å². The Morgan fingerprint density at radius 3 is 2.62 bits per heavy atom. The smallest absolute Gasteiger partial charge is 0.119 e. The zero-order valence-electron chi connectivity index (χ0n) is 10.8. The van der Waals surface area contributed by atoms with Crippen molar-refractivity contribution in [3.63, 3.8) is 0 Å². The molecule has 2 heteroatoms. The van der Waals surface area contributed by atoms with Crippen molar-refractivity contribution in [2.24, 2.45) is 5.41 Å². The molecule has 2 nitrogen and oxygen atoms in total. The van der Waals surface area contributed by atoms with Gasteiger partial charge < -0.3 is 10.1 Å². The molecule has 1 rings (SSSR count). The summed E-state index contributed by atoms with van der Waals surface area (Å²) >= 11 is 0. The predicted octanol–water partition coefficient (Wildman–Crippen LogP) is 3.22. The molecule has 1 aromatic carbocycles. The number of ether oxygens (including phenoxy) is 1. The lowest BCUT2D eigenvalue weighted by Gasteiger charge is -2.18. The molecule has 0 spiro atoms. The molecule has 1 N–H and O–H groups in total. The largest absolute Gasteiger partial charge is 0.494 e. The van der Waals surface area contributed by atoms with Crippen LogP contribution >= 0.6 is 0 Å². The molecule has 0 heterocycles. The summed E-state index contributed by atoms with van der Waals surface area (Å²) < 4.78 is 5.74. The molecule has 0 unspecified atom stereocenters. The maximum Gasteiger partial charge on any atom is 0.119 e. The molecule has 0 aliphatic heterocycles. The topological polar surface area (TPSA) is 21.3 Å². The Bertz CT molecular complexity index is 315. The van der Waals surface area contributed by atoms with E-state index in [9.17, 15) is 0 Å². The van der Waals surface area contributed by atoms with Crippen LogP contribution in [0.1, 0.15) is 32.8 Å². The first-order valence-corrected chi connectivity index (χ1v) is 5.87. The molecule has 0 saturated carbocycles. The third-order valence-electron chi connectivity index (χ3n) is 2.40. The van der Waals surface area contributed by atoms with E-state index in [-0.39, 0.29) is 0 Å². The van der Waals surface area contributed by atoms with E-state index in [0.717, 1.165) is 25.3 Å². The monoisotopic (exact) mass is 221 g/mol. The van der Waals surface area contributed by atoms with E-state index in [2.05, 4.69) is 38.2 Å². The van der Waals surface area contributed by atoms with Crippen LogP contribution in [0, 0.1) is 5.41 Å². The molecule has 0 aliphatic carbocycles. The van der Waals surface area contributed by atoms with E-state index in [4.69, 9.17) is 4.74 Å². The van der Waals surface area contributed by atoms with Crippen LogP contribution in [0.15, 0.2) is 24.3 Å². The number of hydrogen-bond donors (Lipinski definition) is 1. The molecular weight excluding hydrogens is 198 g/mol. The van der Waals surface area contributed by atoms with Crippen LogP contribution in [-0.4, -0.2) is 13.7 Å². The van der Waals surface area contributed by atoms with Gasteiger partial charge in [-0.1, -0.05) is 32.9 Å². The fourth-order valence-electron chi connectivity index (χ4n) is 1.42. The summed E-state index contributed by atoms with van der Waals surface area (Å²) in [5.74, 6) is 0.969. The summed E-state index contributed by atoms with van der Waals surface area (Å²) in [6.45, 7) is 8.36. The SMILES string of the molecule is CNCc1cccc(OCCC(C)(C)C)c1. The summed E-state index contributed by atoms with van der Waals surface area (Å²) in [6.07, 6.45) is 1.07. The minimum atomic E-state index is 0.336. The lowest BCUT2D eigenvalue weighted by Crippen LogP contribution is -2.11. The van der Waals surface area contributed by atoms with Crippen molar-refractivity contribution < 1.29 is 4.74 Å². The average Bonchev–Trinajstić information content (AvgIpc) is 2.17. The molecule has 1 aromatic rings. The summed E-state index contributed by atoms with van der Waals surface area (Å²) in [5.41, 5.74) is 1.60. The third-order valence-corrected chi connectivity index (χ3v) is 2.40. The first-order valence-electron chi connectivity index (χ1n) is 5.87. The molecule has 0 radical (unpaired) electrons. The van der Waals surface area contributed by atoms with Crippen LogP contribution in [0.3, 0.4) is 0 Å². The van der Waals surface area contributed by atoms with Crippen molar-refractivity contribution in [2.75, 3.05) is 13.7 Å². The first kappa shape index (κ1) is 13.0. The Morgan fingerprint density at radius 1 is 1.25 bits per heavy atom. The van der Waals surface area contributed by atoms with E-state index in [0.29, 0.717) is 5.41 Å². The van der Waals surface area contributed by atoms with Crippen LogP contribution in [0.5, 0.6) is 5.75 Å². The zero-order chi connectivity index (χ0) is 12.0. The molecule has 16 heavy (non-hydrogen) atoms. The molecule has 0 aliphatic rings. The standard InChI is InChI=1S/C14H23NO/c1-14(2,3)8-9-16-13-7-5-6-12(10-13)11-15-4/h5-7,10,15H,8-9,11H2,1-4H3. The number of hydrogen-bond acceptors (Lipinski definition) is 2. The summed E-state index contributed by atoms with van der Waals surface area (Å²) in [6, 6.07) is 8.26. The third kappa shape index (κ3) is 5.17. The lowest BCUT2D eigenvalue weighted by atomic mass is 9.93. The normalized spacial score (nSPS) is 11.5. The number of nitrogens with one attached hydrogen (secondary N) is 1. The lowest BCUT2D eigenvalue weighted by molar-refractivity contribution is 0.243. The summed E-state index contributed by atoms with van der Waals surface area (Å²) in [5, 5.41) is 3.14. The molecule has 0 fully saturated rings. The average molecular weight is 221 g/mol. The highest BCUT2D eigenvalue weighted by molar-refractivity contribution is 5.28. The quantitative estimate of drug-likeness (QED) is 0.824. The maximum absolute atomic E-state index is 5.74. The zero-order valence-corrected chi connectivity index (χ0v) is 10.8. The van der Waals surface area contributed by atoms with Gasteiger partial charge in [-0.15, -0.1) is 0 Å². The van der Waals surface area contributed by atoms with Crippen LogP contribution in [0.4, 0.5) is 0 Å². The second-order valence-electron chi connectivity index (χ2n) is 5.34. The fraction of sp³-hybridized carbons (Fsp3) is 0.571. The van der Waals surface area contributed by atoms with Crippen molar-refractivity contribution in [1.29, 1.82) is 0 Å². The van der Waals surface area contributed by atoms with Crippen LogP contribution in [-0.2, 0) is 6.54 Å². The molecule has 0 saturated heterocycles. The van der Waals surface area contributed by atoms with Gasteiger partial charge in [0, 0.05) is 6.54 Å². The van der Waals surface area contributed by atoms with Crippen LogP contribution in [0.25, 0.3) is 0 Å². The van der Waals surface area contributed by atoms with Gasteiger partial charge in [0.25, 0.3) is 0 Å². The van der Waals surface area contributed by atoms with Gasteiger partial charge in [0.05, 0.1) is 6.61 Å². The Morgan fingerprint density at radius 2 is 2.00 bits per heavy atom. The molecule has 90 valence electrons. The van der Waals surface area contributed by atoms with E-state index < -0.39 is 0 Å². The summed E-state index contributed by atoms with van der Waals surface area (Å²) in [4.78, 5) is 0. The first-order chi connectivity index (χ1) is 7.51. The van der Waals surface area contributed by atoms with Crippen molar-refractivity contribution in [3.8, 4) is 5.75 Å². The van der Waals surface area contributed by atoms with Crippen molar-refractivity contribution in [1.82, 2.24) is 5.32 Å². The van der Waals surface area contributed by atoms with Gasteiger partial charge >= 0.3 is 0 Å². The number of benzene rings is 1. The van der Waals surface area contributed by atoms with Gasteiger partial charge in [-0.25, -0.2) is 0 Å². The highest BCUT2D eigenvalue weighted by Crippen LogP contribution is 2.20. The molecule has 0 amide bonds. The van der Waals surface area contributed by atoms with E-state index >= 15 is 0 Å². The second-order valence-corrected chi connectivity index (χ2v) is 5.34. The minimum Gasteiger partial charge on any atom is -0.494 e. The van der Waals surface area contributed by atoms with E-state index in [1.165, 1.54) is 5.56 Å². The minimum absolute atomic E-state index is 0.336. The van der Waals surface area contributed by atoms with E-state index in [1.807, 2.05) is 19.2 Å². The van der Waals surface area contributed by atoms with Crippen molar-refractivity contribution in [2.45, 2.75) is 33.7 Å². The van der Waals surface area contributed by atoms with Crippen LogP contribution in [0.2, 0.25) is 0 Å². The molecular formula is C14H23NO. The molecule has 0 bridgehead atoms. The second kappa shape index (κ2) is 5.90. The summed E-state index contributed by atoms with van der Waals surface area (Å²) in [7, 11) is 1.95. The highest BCUT2D eigenvalue weighted by Gasteiger charge is 2.09. The molecule has 0 atom stereocenters. The van der Waals surface area contributed by atoms with Crippen LogP contribution < -0.4 is 10.1 Å². The van der Waals surface area contributed by atoms with Crippen molar-refractivity contribution in [3.05, 3.63) is 29.8 Å². The van der Waals surface area contributed by atoms with Gasteiger partial charge in [0.2, 0.25) is 0 Å². The van der Waals surface area contributed by atoms with Gasteiger partial charge in [-0.2, -0.15) is 0 Å². The van der Waals surface area contributed by atoms with Gasteiger partial charge in [0.15, 0.2) is 0 Å². The Labute approximate surface area is 99.0 Å². The maximum atomic E-state index is 5.74.